The van der Waals surface area contributed by atoms with Gasteiger partial charge >= 0.3 is 0 Å². The van der Waals surface area contributed by atoms with Crippen molar-refractivity contribution in [2.75, 3.05) is 20.3 Å². The molecular weight excluding hydrogens is 240 g/mol. The molecule has 3 heteroatoms. The summed E-state index contributed by atoms with van der Waals surface area (Å²) in [6.45, 7) is 1.02. The number of methoxy groups -OCH3 is 1. The van der Waals surface area contributed by atoms with Crippen molar-refractivity contribution in [1.82, 2.24) is 0 Å². The third-order valence-corrected chi connectivity index (χ3v) is 4.41. The first kappa shape index (κ1) is 12.7. The second kappa shape index (κ2) is 5.33. The number of para-hydroxylation sites is 1. The third kappa shape index (κ3) is 2.39. The lowest BCUT2D eigenvalue weighted by Gasteiger charge is -2.11. The van der Waals surface area contributed by atoms with Crippen molar-refractivity contribution in [1.29, 1.82) is 0 Å². The highest BCUT2D eigenvalue weighted by atomic mass is 16.5. The minimum absolute atomic E-state index is 0.265. The molecule has 1 aromatic carbocycles. The number of Topliss-reactive ketones (excluding diaryl/α,β-unsaturated/α-hetero) is 1. The van der Waals surface area contributed by atoms with Crippen molar-refractivity contribution >= 4 is 5.78 Å². The molecule has 0 aliphatic heterocycles. The lowest BCUT2D eigenvalue weighted by atomic mass is 10.0. The molecule has 0 radical (unpaired) electrons. The smallest absolute Gasteiger partial charge is 0.170 e. The number of fused-ring (bicyclic) bond motifs is 1. The number of carbonyl (C=O) groups excluding carboxylic acids is 1. The summed E-state index contributed by atoms with van der Waals surface area (Å²) in [5.41, 5.74) is 0.748. The van der Waals surface area contributed by atoms with E-state index in [1.807, 2.05) is 24.3 Å². The van der Waals surface area contributed by atoms with Crippen LogP contribution in [0.4, 0.5) is 0 Å². The van der Waals surface area contributed by atoms with Gasteiger partial charge in [-0.25, -0.2) is 0 Å². The molecule has 2 atom stereocenters. The quantitative estimate of drug-likeness (QED) is 0.582. The van der Waals surface area contributed by atoms with Crippen LogP contribution in [0.2, 0.25) is 0 Å². The fraction of sp³-hybridized carbons (Fsp3) is 0.562. The molecule has 0 saturated heterocycles. The lowest BCUT2D eigenvalue weighted by Crippen LogP contribution is -2.11. The first-order valence-corrected chi connectivity index (χ1v) is 7.08. The van der Waals surface area contributed by atoms with Gasteiger partial charge in [-0.05, 0) is 36.8 Å². The van der Waals surface area contributed by atoms with E-state index < -0.39 is 0 Å². The number of ketones is 1. The van der Waals surface area contributed by atoms with E-state index in [9.17, 15) is 4.79 Å². The molecular formula is C16H20O3. The molecule has 3 rings (SSSR count). The highest BCUT2D eigenvalue weighted by molar-refractivity contribution is 6.02. The minimum atomic E-state index is 0.265. The summed E-state index contributed by atoms with van der Waals surface area (Å²) in [6.07, 6.45) is 3.76. The minimum Gasteiger partial charge on any atom is -0.490 e. The standard InChI is InChI=1S/C16H20O3/c1-18-9-10-19-14-8-3-2-5-13(14)16(17)15-11-6-4-7-12(11)15/h2-3,5,8,11-12,15H,4,6-7,9-10H2,1H3. The number of rotatable bonds is 6. The van der Waals surface area contributed by atoms with Gasteiger partial charge in [0.15, 0.2) is 5.78 Å². The number of benzene rings is 1. The molecule has 1 aromatic rings. The molecule has 102 valence electrons. The van der Waals surface area contributed by atoms with Crippen LogP contribution in [0.1, 0.15) is 29.6 Å². The van der Waals surface area contributed by atoms with Gasteiger partial charge in [-0.1, -0.05) is 18.6 Å². The number of hydrogen-bond donors (Lipinski definition) is 0. The van der Waals surface area contributed by atoms with E-state index in [4.69, 9.17) is 9.47 Å². The van der Waals surface area contributed by atoms with Gasteiger partial charge in [-0.3, -0.25) is 4.79 Å². The van der Waals surface area contributed by atoms with Crippen LogP contribution in [-0.2, 0) is 4.74 Å². The third-order valence-electron chi connectivity index (χ3n) is 4.41. The van der Waals surface area contributed by atoms with Crippen molar-refractivity contribution in [2.45, 2.75) is 19.3 Å². The molecule has 2 unspecified atom stereocenters. The summed E-state index contributed by atoms with van der Waals surface area (Å²) in [5.74, 6) is 2.55. The van der Waals surface area contributed by atoms with Crippen molar-refractivity contribution in [3.63, 3.8) is 0 Å². The molecule has 0 heterocycles. The van der Waals surface area contributed by atoms with Crippen LogP contribution in [0, 0.1) is 17.8 Å². The molecule has 2 fully saturated rings. The Kier molecular flexibility index (Phi) is 3.56. The maximum atomic E-state index is 12.6. The van der Waals surface area contributed by atoms with Crippen LogP contribution in [0.5, 0.6) is 5.75 Å². The van der Waals surface area contributed by atoms with Crippen LogP contribution in [-0.4, -0.2) is 26.1 Å². The van der Waals surface area contributed by atoms with E-state index in [2.05, 4.69) is 0 Å². The Morgan fingerprint density at radius 2 is 1.95 bits per heavy atom. The monoisotopic (exact) mass is 260 g/mol. The van der Waals surface area contributed by atoms with Gasteiger partial charge in [-0.15, -0.1) is 0 Å². The summed E-state index contributed by atoms with van der Waals surface area (Å²) in [5, 5.41) is 0. The van der Waals surface area contributed by atoms with Crippen LogP contribution in [0.15, 0.2) is 24.3 Å². The molecule has 2 aliphatic rings. The Morgan fingerprint density at radius 1 is 1.21 bits per heavy atom. The number of hydrogen-bond acceptors (Lipinski definition) is 3. The average Bonchev–Trinajstić information content (AvgIpc) is 2.91. The normalized spacial score (nSPS) is 27.9. The Labute approximate surface area is 113 Å². The molecule has 0 aromatic heterocycles. The molecule has 19 heavy (non-hydrogen) atoms. The van der Waals surface area contributed by atoms with Gasteiger partial charge in [0.05, 0.1) is 12.2 Å². The molecule has 3 nitrogen and oxygen atoms in total. The van der Waals surface area contributed by atoms with E-state index in [0.717, 1.165) is 5.56 Å². The number of carbonyl (C=O) groups is 1. The topological polar surface area (TPSA) is 35.5 Å². The van der Waals surface area contributed by atoms with E-state index >= 15 is 0 Å². The van der Waals surface area contributed by atoms with Gasteiger partial charge in [0.1, 0.15) is 12.4 Å². The van der Waals surface area contributed by atoms with Gasteiger partial charge < -0.3 is 9.47 Å². The zero-order chi connectivity index (χ0) is 13.2. The van der Waals surface area contributed by atoms with Crippen molar-refractivity contribution in [2.24, 2.45) is 17.8 Å². The van der Waals surface area contributed by atoms with Crippen molar-refractivity contribution < 1.29 is 14.3 Å². The van der Waals surface area contributed by atoms with Crippen LogP contribution >= 0.6 is 0 Å². The summed E-state index contributed by atoms with van der Waals surface area (Å²) >= 11 is 0. The highest BCUT2D eigenvalue weighted by Gasteiger charge is 2.56. The first-order valence-electron chi connectivity index (χ1n) is 7.08. The largest absolute Gasteiger partial charge is 0.490 e. The van der Waals surface area contributed by atoms with E-state index in [-0.39, 0.29) is 11.7 Å². The van der Waals surface area contributed by atoms with Gasteiger partial charge in [-0.2, -0.15) is 0 Å². The van der Waals surface area contributed by atoms with Gasteiger partial charge in [0, 0.05) is 13.0 Å². The lowest BCUT2D eigenvalue weighted by molar-refractivity contribution is 0.0944. The predicted octanol–water partition coefficient (Wildman–Crippen LogP) is 2.94. The first-order chi connectivity index (χ1) is 9.33. The Hall–Kier alpha value is -1.35. The van der Waals surface area contributed by atoms with Gasteiger partial charge in [0.25, 0.3) is 0 Å². The summed E-state index contributed by atoms with van der Waals surface area (Å²) < 4.78 is 10.6. The van der Waals surface area contributed by atoms with E-state index in [1.54, 1.807) is 7.11 Å². The predicted molar refractivity (Wildman–Crippen MR) is 72.5 cm³/mol. The SMILES string of the molecule is COCCOc1ccccc1C(=O)C1C2CCCC21. The second-order valence-electron chi connectivity index (χ2n) is 5.49. The van der Waals surface area contributed by atoms with Crippen LogP contribution < -0.4 is 4.74 Å². The zero-order valence-electron chi connectivity index (χ0n) is 11.3. The van der Waals surface area contributed by atoms with Crippen molar-refractivity contribution in [3.8, 4) is 5.75 Å². The highest BCUT2D eigenvalue weighted by Crippen LogP contribution is 2.58. The van der Waals surface area contributed by atoms with E-state index in [1.165, 1.54) is 19.3 Å². The van der Waals surface area contributed by atoms with Crippen LogP contribution in [0.3, 0.4) is 0 Å². The Morgan fingerprint density at radius 3 is 2.68 bits per heavy atom. The summed E-state index contributed by atoms with van der Waals surface area (Å²) in [6, 6.07) is 7.58. The molecule has 0 bridgehead atoms. The molecule has 2 saturated carbocycles. The maximum Gasteiger partial charge on any atom is 0.170 e. The summed E-state index contributed by atoms with van der Waals surface area (Å²) in [7, 11) is 1.64. The van der Waals surface area contributed by atoms with E-state index in [0.29, 0.717) is 30.8 Å². The Bertz CT molecular complexity index is 459. The fourth-order valence-electron chi connectivity index (χ4n) is 3.42. The molecule has 2 aliphatic carbocycles. The summed E-state index contributed by atoms with van der Waals surface area (Å²) in [4.78, 5) is 12.6. The van der Waals surface area contributed by atoms with Gasteiger partial charge in [0.2, 0.25) is 0 Å². The van der Waals surface area contributed by atoms with Crippen LogP contribution in [0.25, 0.3) is 0 Å². The molecule has 0 N–H and O–H groups in total. The maximum absolute atomic E-state index is 12.6. The Balaban J connectivity index is 1.71. The average molecular weight is 260 g/mol. The zero-order valence-corrected chi connectivity index (χ0v) is 11.3. The molecule has 0 amide bonds. The second-order valence-corrected chi connectivity index (χ2v) is 5.49. The fourth-order valence-corrected chi connectivity index (χ4v) is 3.42. The number of ether oxygens (including phenoxy) is 2. The molecule has 0 spiro atoms. The van der Waals surface area contributed by atoms with Crippen molar-refractivity contribution in [3.05, 3.63) is 29.8 Å².